The van der Waals surface area contributed by atoms with Gasteiger partial charge < -0.3 is 14.2 Å². The molecular formula is C25H29NO4S2. The minimum atomic E-state index is -0.0891. The third-order valence-electron chi connectivity index (χ3n) is 5.35. The highest BCUT2D eigenvalue weighted by Gasteiger charge is 2.28. The Morgan fingerprint density at radius 1 is 1.09 bits per heavy atom. The van der Waals surface area contributed by atoms with Gasteiger partial charge in [0.1, 0.15) is 10.1 Å². The molecule has 0 radical (unpaired) electrons. The maximum atomic E-state index is 12.2. The molecule has 0 aliphatic carbocycles. The Bertz CT molecular complexity index is 988. The number of rotatable bonds is 10. The number of carbonyl (C=O) groups is 1. The van der Waals surface area contributed by atoms with Gasteiger partial charge in [-0.1, -0.05) is 56.0 Å². The maximum Gasteiger partial charge on any atom is 0.265 e. The molecule has 0 unspecified atom stereocenters. The minimum Gasteiger partial charge on any atom is -0.493 e. The van der Waals surface area contributed by atoms with Gasteiger partial charge in [-0.3, -0.25) is 9.69 Å². The van der Waals surface area contributed by atoms with E-state index in [1.54, 1.807) is 14.2 Å². The number of amides is 1. The van der Waals surface area contributed by atoms with E-state index in [0.29, 0.717) is 39.9 Å². The highest BCUT2D eigenvalue weighted by Crippen LogP contribution is 2.34. The standard InChI is InChI=1S/C25H29NO4S2/c1-5-17(2)19-8-10-20(11-9-19)29-13-6-14-30-21-12-7-18(15-22(21)28-4)16-23-24(27)26(3)25(31)32-23/h7-12,15-17H,5-6,13-14H2,1-4H3/b23-16+/t17-/m1/s1. The van der Waals surface area contributed by atoms with Gasteiger partial charge in [0.25, 0.3) is 5.91 Å². The molecule has 7 heteroatoms. The summed E-state index contributed by atoms with van der Waals surface area (Å²) in [5.74, 6) is 2.62. The summed E-state index contributed by atoms with van der Waals surface area (Å²) in [6, 6.07) is 13.9. The molecule has 3 rings (SSSR count). The molecule has 1 aliphatic heterocycles. The lowest BCUT2D eigenvalue weighted by Crippen LogP contribution is -2.22. The second-order valence-electron chi connectivity index (χ2n) is 7.58. The molecular weight excluding hydrogens is 442 g/mol. The normalized spacial score (nSPS) is 15.9. The van der Waals surface area contributed by atoms with Crippen molar-refractivity contribution < 1.29 is 19.0 Å². The molecule has 0 bridgehead atoms. The summed E-state index contributed by atoms with van der Waals surface area (Å²) in [7, 11) is 3.28. The van der Waals surface area contributed by atoms with Crippen molar-refractivity contribution in [2.75, 3.05) is 27.4 Å². The smallest absolute Gasteiger partial charge is 0.265 e. The van der Waals surface area contributed by atoms with E-state index in [0.717, 1.165) is 24.2 Å². The van der Waals surface area contributed by atoms with Crippen LogP contribution in [0.3, 0.4) is 0 Å². The molecule has 1 atom stereocenters. The fourth-order valence-corrected chi connectivity index (χ4v) is 4.33. The predicted octanol–water partition coefficient (Wildman–Crippen LogP) is 5.89. The van der Waals surface area contributed by atoms with E-state index in [2.05, 4.69) is 26.0 Å². The van der Waals surface area contributed by atoms with Crippen LogP contribution in [0.15, 0.2) is 47.4 Å². The Morgan fingerprint density at radius 2 is 1.81 bits per heavy atom. The number of thioether (sulfide) groups is 1. The molecule has 1 aliphatic rings. The highest BCUT2D eigenvalue weighted by atomic mass is 32.2. The van der Waals surface area contributed by atoms with E-state index in [1.807, 2.05) is 36.4 Å². The molecule has 170 valence electrons. The summed E-state index contributed by atoms with van der Waals surface area (Å²) in [4.78, 5) is 14.3. The summed E-state index contributed by atoms with van der Waals surface area (Å²) in [6.07, 6.45) is 3.69. The number of benzene rings is 2. The number of hydrogen-bond acceptors (Lipinski definition) is 6. The van der Waals surface area contributed by atoms with Crippen LogP contribution in [0.2, 0.25) is 0 Å². The number of carbonyl (C=O) groups excluding carboxylic acids is 1. The summed E-state index contributed by atoms with van der Waals surface area (Å²) in [6.45, 7) is 5.50. The number of nitrogens with zero attached hydrogens (tertiary/aromatic N) is 1. The molecule has 5 nitrogen and oxygen atoms in total. The SMILES string of the molecule is CC[C@@H](C)c1ccc(OCCCOc2ccc(/C=C3/SC(=S)N(C)C3=O)cc2OC)cc1. The first-order valence-electron chi connectivity index (χ1n) is 10.7. The quantitative estimate of drug-likeness (QED) is 0.245. The van der Waals surface area contributed by atoms with Crippen LogP contribution in [-0.4, -0.2) is 42.5 Å². The zero-order valence-corrected chi connectivity index (χ0v) is 20.6. The van der Waals surface area contributed by atoms with Crippen LogP contribution in [0.4, 0.5) is 0 Å². The third-order valence-corrected chi connectivity index (χ3v) is 6.83. The van der Waals surface area contributed by atoms with Crippen molar-refractivity contribution in [1.29, 1.82) is 0 Å². The predicted molar refractivity (Wildman–Crippen MR) is 135 cm³/mol. The highest BCUT2D eigenvalue weighted by molar-refractivity contribution is 8.26. The Balaban J connectivity index is 1.50. The molecule has 1 fully saturated rings. The number of thiocarbonyl (C=S) groups is 1. The second kappa shape index (κ2) is 11.4. The summed E-state index contributed by atoms with van der Waals surface area (Å²) < 4.78 is 17.7. The average molecular weight is 472 g/mol. The van der Waals surface area contributed by atoms with Gasteiger partial charge in [-0.05, 0) is 53.8 Å². The maximum absolute atomic E-state index is 12.2. The summed E-state index contributed by atoms with van der Waals surface area (Å²) >= 11 is 6.47. The van der Waals surface area contributed by atoms with Crippen molar-refractivity contribution in [2.24, 2.45) is 0 Å². The van der Waals surface area contributed by atoms with Crippen LogP contribution < -0.4 is 14.2 Å². The fraction of sp³-hybridized carbons (Fsp3) is 0.360. The van der Waals surface area contributed by atoms with Gasteiger partial charge >= 0.3 is 0 Å². The first-order valence-corrected chi connectivity index (χ1v) is 11.9. The van der Waals surface area contributed by atoms with Crippen molar-refractivity contribution in [1.82, 2.24) is 4.90 Å². The Morgan fingerprint density at radius 3 is 2.44 bits per heavy atom. The van der Waals surface area contributed by atoms with Crippen LogP contribution >= 0.6 is 24.0 Å². The first-order chi connectivity index (χ1) is 15.4. The monoisotopic (exact) mass is 471 g/mol. The first kappa shape index (κ1) is 24.1. The van der Waals surface area contributed by atoms with Gasteiger partial charge in [0.2, 0.25) is 0 Å². The van der Waals surface area contributed by atoms with E-state index in [4.69, 9.17) is 26.4 Å². The summed E-state index contributed by atoms with van der Waals surface area (Å²) in [5.41, 5.74) is 2.19. The van der Waals surface area contributed by atoms with Crippen LogP contribution in [0.5, 0.6) is 17.2 Å². The van der Waals surface area contributed by atoms with Crippen molar-refractivity contribution in [3.63, 3.8) is 0 Å². The van der Waals surface area contributed by atoms with Gasteiger partial charge in [0.05, 0.1) is 25.2 Å². The molecule has 1 heterocycles. The lowest BCUT2D eigenvalue weighted by Gasteiger charge is -2.13. The Hall–Kier alpha value is -2.51. The molecule has 0 N–H and O–H groups in total. The van der Waals surface area contributed by atoms with E-state index < -0.39 is 0 Å². The van der Waals surface area contributed by atoms with Crippen LogP contribution in [-0.2, 0) is 4.79 Å². The van der Waals surface area contributed by atoms with Crippen LogP contribution in [0.25, 0.3) is 6.08 Å². The Kier molecular flexibility index (Phi) is 8.59. The lowest BCUT2D eigenvalue weighted by atomic mass is 9.99. The molecule has 1 saturated heterocycles. The molecule has 2 aromatic carbocycles. The van der Waals surface area contributed by atoms with Crippen molar-refractivity contribution >= 4 is 40.3 Å². The molecule has 1 amide bonds. The van der Waals surface area contributed by atoms with Gasteiger partial charge in [0.15, 0.2) is 11.5 Å². The lowest BCUT2D eigenvalue weighted by molar-refractivity contribution is -0.121. The molecule has 2 aromatic rings. The summed E-state index contributed by atoms with van der Waals surface area (Å²) in [5, 5.41) is 0. The van der Waals surface area contributed by atoms with Crippen molar-refractivity contribution in [3.8, 4) is 17.2 Å². The van der Waals surface area contributed by atoms with Crippen LogP contribution in [0.1, 0.15) is 43.7 Å². The van der Waals surface area contributed by atoms with E-state index in [-0.39, 0.29) is 5.91 Å². The number of likely N-dealkylation sites (N-methyl/N-ethyl adjacent to an activating group) is 1. The van der Waals surface area contributed by atoms with Gasteiger partial charge in [-0.15, -0.1) is 0 Å². The van der Waals surface area contributed by atoms with E-state index >= 15 is 0 Å². The van der Waals surface area contributed by atoms with Crippen LogP contribution in [0, 0.1) is 0 Å². The third kappa shape index (κ3) is 6.04. The minimum absolute atomic E-state index is 0.0891. The largest absolute Gasteiger partial charge is 0.493 e. The average Bonchev–Trinajstić information content (AvgIpc) is 3.05. The second-order valence-corrected chi connectivity index (χ2v) is 9.26. The zero-order valence-electron chi connectivity index (χ0n) is 18.9. The molecule has 0 aromatic heterocycles. The van der Waals surface area contributed by atoms with Gasteiger partial charge in [-0.25, -0.2) is 0 Å². The zero-order chi connectivity index (χ0) is 23.1. The van der Waals surface area contributed by atoms with E-state index in [1.165, 1.54) is 22.2 Å². The van der Waals surface area contributed by atoms with Gasteiger partial charge in [0, 0.05) is 13.5 Å². The van der Waals surface area contributed by atoms with Crippen molar-refractivity contribution in [2.45, 2.75) is 32.6 Å². The number of hydrogen-bond donors (Lipinski definition) is 0. The fourth-order valence-electron chi connectivity index (χ4n) is 3.15. The molecule has 32 heavy (non-hydrogen) atoms. The topological polar surface area (TPSA) is 48.0 Å². The van der Waals surface area contributed by atoms with Gasteiger partial charge in [-0.2, -0.15) is 0 Å². The molecule has 0 spiro atoms. The van der Waals surface area contributed by atoms with Crippen molar-refractivity contribution in [3.05, 3.63) is 58.5 Å². The Labute approximate surface area is 199 Å². The number of methoxy groups -OCH3 is 1. The number of ether oxygens (including phenoxy) is 3. The van der Waals surface area contributed by atoms with E-state index in [9.17, 15) is 4.79 Å². The molecule has 0 saturated carbocycles.